The van der Waals surface area contributed by atoms with Crippen molar-refractivity contribution in [1.82, 2.24) is 10.2 Å². The maximum absolute atomic E-state index is 11.8. The quantitative estimate of drug-likeness (QED) is 0.848. The molecule has 1 saturated heterocycles. The number of carbonyl (C=O) groups is 1. The van der Waals surface area contributed by atoms with Gasteiger partial charge in [-0.3, -0.25) is 0 Å². The standard InChI is InChI=1S/C11H17F3N2O2/c12-11(13,14)7-18-10(17)15-8-3-5-16(6-4-8)9-1-2-9/h8-9H,1-7H2,(H,15,17). The lowest BCUT2D eigenvalue weighted by molar-refractivity contribution is -0.160. The van der Waals surface area contributed by atoms with E-state index in [9.17, 15) is 18.0 Å². The third kappa shape index (κ3) is 4.36. The Balaban J connectivity index is 1.63. The Morgan fingerprint density at radius 3 is 2.33 bits per heavy atom. The van der Waals surface area contributed by atoms with E-state index < -0.39 is 18.9 Å². The topological polar surface area (TPSA) is 41.6 Å². The van der Waals surface area contributed by atoms with Crippen molar-refractivity contribution in [1.29, 1.82) is 0 Å². The first-order chi connectivity index (χ1) is 8.44. The van der Waals surface area contributed by atoms with Crippen LogP contribution in [0.2, 0.25) is 0 Å². The van der Waals surface area contributed by atoms with Crippen molar-refractivity contribution in [3.8, 4) is 0 Å². The Morgan fingerprint density at radius 1 is 1.22 bits per heavy atom. The van der Waals surface area contributed by atoms with Gasteiger partial charge in [0.15, 0.2) is 6.61 Å². The van der Waals surface area contributed by atoms with Gasteiger partial charge >= 0.3 is 12.3 Å². The van der Waals surface area contributed by atoms with Crippen molar-refractivity contribution in [3.63, 3.8) is 0 Å². The number of hydrogen-bond donors (Lipinski definition) is 1. The van der Waals surface area contributed by atoms with Crippen LogP contribution in [0.5, 0.6) is 0 Å². The highest BCUT2D eigenvalue weighted by Gasteiger charge is 2.33. The van der Waals surface area contributed by atoms with Crippen LogP contribution in [0.3, 0.4) is 0 Å². The fraction of sp³-hybridized carbons (Fsp3) is 0.909. The predicted octanol–water partition coefficient (Wildman–Crippen LogP) is 1.90. The average Bonchev–Trinajstić information content (AvgIpc) is 3.10. The molecule has 0 bridgehead atoms. The molecule has 2 fully saturated rings. The molecule has 1 aliphatic carbocycles. The summed E-state index contributed by atoms with van der Waals surface area (Å²) in [5.74, 6) is 0. The average molecular weight is 266 g/mol. The number of ether oxygens (including phenoxy) is 1. The number of amides is 1. The third-order valence-electron chi connectivity index (χ3n) is 3.28. The van der Waals surface area contributed by atoms with E-state index in [1.54, 1.807) is 0 Å². The van der Waals surface area contributed by atoms with Crippen molar-refractivity contribution < 1.29 is 22.7 Å². The summed E-state index contributed by atoms with van der Waals surface area (Å²) < 4.78 is 39.6. The van der Waals surface area contributed by atoms with Gasteiger partial charge in [-0.1, -0.05) is 0 Å². The van der Waals surface area contributed by atoms with Gasteiger partial charge in [0.2, 0.25) is 0 Å². The SMILES string of the molecule is O=C(NC1CCN(C2CC2)CC1)OCC(F)(F)F. The van der Waals surface area contributed by atoms with Gasteiger partial charge in [-0.05, 0) is 25.7 Å². The maximum Gasteiger partial charge on any atom is 0.422 e. The van der Waals surface area contributed by atoms with E-state index in [4.69, 9.17) is 0 Å². The van der Waals surface area contributed by atoms with Crippen LogP contribution in [0.1, 0.15) is 25.7 Å². The molecule has 1 heterocycles. The second kappa shape index (κ2) is 5.34. The van der Waals surface area contributed by atoms with Crippen molar-refractivity contribution in [2.24, 2.45) is 0 Å². The molecule has 0 atom stereocenters. The van der Waals surface area contributed by atoms with Gasteiger partial charge in [-0.15, -0.1) is 0 Å². The molecule has 0 aromatic carbocycles. The van der Waals surface area contributed by atoms with E-state index in [0.717, 1.165) is 25.9 Å². The molecule has 104 valence electrons. The molecule has 0 aromatic heterocycles. The number of halogens is 3. The predicted molar refractivity (Wildman–Crippen MR) is 58.2 cm³/mol. The second-order valence-electron chi connectivity index (χ2n) is 4.88. The van der Waals surface area contributed by atoms with E-state index >= 15 is 0 Å². The summed E-state index contributed by atoms with van der Waals surface area (Å²) in [6.45, 7) is 0.267. The number of nitrogens with zero attached hydrogens (tertiary/aromatic N) is 1. The largest absolute Gasteiger partial charge is 0.440 e. The smallest absolute Gasteiger partial charge is 0.422 e. The fourth-order valence-electron chi connectivity index (χ4n) is 2.20. The number of hydrogen-bond acceptors (Lipinski definition) is 3. The Hall–Kier alpha value is -0.980. The minimum atomic E-state index is -4.47. The van der Waals surface area contributed by atoms with E-state index in [1.165, 1.54) is 12.8 Å². The van der Waals surface area contributed by atoms with Crippen LogP contribution >= 0.6 is 0 Å². The van der Waals surface area contributed by atoms with Crippen LogP contribution in [-0.4, -0.2) is 48.9 Å². The van der Waals surface area contributed by atoms with E-state index in [0.29, 0.717) is 6.04 Å². The summed E-state index contributed by atoms with van der Waals surface area (Å²) in [5, 5.41) is 2.48. The van der Waals surface area contributed by atoms with Crippen LogP contribution in [0.4, 0.5) is 18.0 Å². The Bertz CT molecular complexity index is 297. The van der Waals surface area contributed by atoms with Crippen LogP contribution < -0.4 is 5.32 Å². The number of nitrogens with one attached hydrogen (secondary N) is 1. The molecule has 1 amide bonds. The highest BCUT2D eigenvalue weighted by Crippen LogP contribution is 2.29. The molecule has 0 spiro atoms. The van der Waals surface area contributed by atoms with Gasteiger partial charge in [-0.25, -0.2) is 4.79 Å². The van der Waals surface area contributed by atoms with E-state index in [-0.39, 0.29) is 6.04 Å². The molecule has 7 heteroatoms. The number of likely N-dealkylation sites (tertiary alicyclic amines) is 1. The molecule has 18 heavy (non-hydrogen) atoms. The second-order valence-corrected chi connectivity index (χ2v) is 4.88. The summed E-state index contributed by atoms with van der Waals surface area (Å²) in [7, 11) is 0. The lowest BCUT2D eigenvalue weighted by Crippen LogP contribution is -2.45. The van der Waals surface area contributed by atoms with Crippen LogP contribution in [-0.2, 0) is 4.74 Å². The van der Waals surface area contributed by atoms with Crippen LogP contribution in [0, 0.1) is 0 Å². The fourth-order valence-corrected chi connectivity index (χ4v) is 2.20. The molecule has 1 saturated carbocycles. The monoisotopic (exact) mass is 266 g/mol. The number of rotatable bonds is 3. The Morgan fingerprint density at radius 2 is 1.83 bits per heavy atom. The molecule has 1 aliphatic heterocycles. The van der Waals surface area contributed by atoms with Gasteiger partial charge < -0.3 is 15.0 Å². The zero-order chi connectivity index (χ0) is 13.2. The van der Waals surface area contributed by atoms with Crippen molar-refractivity contribution in [2.75, 3.05) is 19.7 Å². The number of alkyl carbamates (subject to hydrolysis) is 1. The highest BCUT2D eigenvalue weighted by molar-refractivity contribution is 5.67. The lowest BCUT2D eigenvalue weighted by atomic mass is 10.1. The molecule has 2 aliphatic rings. The molecule has 0 radical (unpaired) electrons. The van der Waals surface area contributed by atoms with Crippen molar-refractivity contribution >= 4 is 6.09 Å². The molecular weight excluding hydrogens is 249 g/mol. The Kier molecular flexibility index (Phi) is 3.99. The first-order valence-electron chi connectivity index (χ1n) is 6.18. The van der Waals surface area contributed by atoms with Crippen LogP contribution in [0.25, 0.3) is 0 Å². The molecule has 0 unspecified atom stereocenters. The number of carbonyl (C=O) groups excluding carboxylic acids is 1. The molecule has 4 nitrogen and oxygen atoms in total. The first kappa shape index (κ1) is 13.5. The highest BCUT2D eigenvalue weighted by atomic mass is 19.4. The molecular formula is C11H17F3N2O2. The van der Waals surface area contributed by atoms with Crippen molar-refractivity contribution in [2.45, 2.75) is 43.9 Å². The first-order valence-corrected chi connectivity index (χ1v) is 6.18. The van der Waals surface area contributed by atoms with Gasteiger partial charge in [0, 0.05) is 25.2 Å². The van der Waals surface area contributed by atoms with Gasteiger partial charge in [0.05, 0.1) is 0 Å². The normalized spacial score (nSPS) is 22.8. The molecule has 2 rings (SSSR count). The summed E-state index contributed by atoms with van der Waals surface area (Å²) in [4.78, 5) is 13.5. The zero-order valence-corrected chi connectivity index (χ0v) is 10.0. The number of piperidine rings is 1. The number of alkyl halides is 3. The van der Waals surface area contributed by atoms with Gasteiger partial charge in [0.25, 0.3) is 0 Å². The summed E-state index contributed by atoms with van der Waals surface area (Å²) in [6, 6.07) is 0.629. The van der Waals surface area contributed by atoms with Gasteiger partial charge in [-0.2, -0.15) is 13.2 Å². The van der Waals surface area contributed by atoms with E-state index in [1.807, 2.05) is 0 Å². The minimum absolute atomic E-state index is 0.0688. The molecule has 1 N–H and O–H groups in total. The van der Waals surface area contributed by atoms with E-state index in [2.05, 4.69) is 15.0 Å². The Labute approximate surface area is 103 Å². The molecule has 0 aromatic rings. The third-order valence-corrected chi connectivity index (χ3v) is 3.28. The van der Waals surface area contributed by atoms with Gasteiger partial charge in [0.1, 0.15) is 0 Å². The lowest BCUT2D eigenvalue weighted by Gasteiger charge is -2.32. The summed E-state index contributed by atoms with van der Waals surface area (Å²) in [5.41, 5.74) is 0. The van der Waals surface area contributed by atoms with Crippen molar-refractivity contribution in [3.05, 3.63) is 0 Å². The van der Waals surface area contributed by atoms with Crippen LogP contribution in [0.15, 0.2) is 0 Å². The zero-order valence-electron chi connectivity index (χ0n) is 10.0. The maximum atomic E-state index is 11.8. The summed E-state index contributed by atoms with van der Waals surface area (Å²) >= 11 is 0. The minimum Gasteiger partial charge on any atom is -0.440 e. The summed E-state index contributed by atoms with van der Waals surface area (Å²) in [6.07, 6.45) is -1.41.